The third-order valence-corrected chi connectivity index (χ3v) is 5.11. The summed E-state index contributed by atoms with van der Waals surface area (Å²) in [6, 6.07) is 0. The molecule has 0 saturated heterocycles. The fourth-order valence-electron chi connectivity index (χ4n) is 2.52. The Bertz CT molecular complexity index is 381. The van der Waals surface area contributed by atoms with E-state index < -0.39 is 0 Å². The first-order valence-corrected chi connectivity index (χ1v) is 6.99. The minimum Gasteiger partial charge on any atom is -0.319 e. The second-order valence-corrected chi connectivity index (χ2v) is 6.80. The van der Waals surface area contributed by atoms with Gasteiger partial charge in [0.1, 0.15) is 5.01 Å². The van der Waals surface area contributed by atoms with Crippen molar-refractivity contribution in [2.45, 2.75) is 58.4 Å². The van der Waals surface area contributed by atoms with Crippen molar-refractivity contribution in [1.29, 1.82) is 0 Å². The van der Waals surface area contributed by atoms with Gasteiger partial charge in [-0.1, -0.05) is 34.1 Å². The van der Waals surface area contributed by atoms with Gasteiger partial charge in [0.15, 0.2) is 0 Å². The van der Waals surface area contributed by atoms with E-state index in [1.54, 1.807) is 11.3 Å². The van der Waals surface area contributed by atoms with E-state index in [0.29, 0.717) is 5.92 Å². The SMILES string of the molecule is CC(C)c1csc(C2(N)CCCC2(C)C)n1. The van der Waals surface area contributed by atoms with Crippen LogP contribution in [0.1, 0.15) is 63.6 Å². The Labute approximate surface area is 102 Å². The molecule has 0 spiro atoms. The summed E-state index contributed by atoms with van der Waals surface area (Å²) in [5.41, 5.74) is 7.78. The van der Waals surface area contributed by atoms with Gasteiger partial charge in [0.2, 0.25) is 0 Å². The molecule has 2 N–H and O–H groups in total. The molecule has 1 aromatic heterocycles. The molecule has 1 heterocycles. The van der Waals surface area contributed by atoms with E-state index in [1.807, 2.05) is 0 Å². The van der Waals surface area contributed by atoms with Crippen molar-refractivity contribution in [3.63, 3.8) is 0 Å². The third-order valence-electron chi connectivity index (χ3n) is 4.08. The zero-order valence-corrected chi connectivity index (χ0v) is 11.5. The number of hydrogen-bond acceptors (Lipinski definition) is 3. The van der Waals surface area contributed by atoms with Crippen LogP contribution in [0.3, 0.4) is 0 Å². The molecular weight excluding hydrogens is 216 g/mol. The molecule has 0 aromatic carbocycles. The number of thiazole rings is 1. The van der Waals surface area contributed by atoms with Gasteiger partial charge >= 0.3 is 0 Å². The summed E-state index contributed by atoms with van der Waals surface area (Å²) in [6.45, 7) is 8.91. The number of rotatable bonds is 2. The molecule has 2 rings (SSSR count). The quantitative estimate of drug-likeness (QED) is 0.854. The van der Waals surface area contributed by atoms with Crippen LogP contribution in [0, 0.1) is 5.41 Å². The summed E-state index contributed by atoms with van der Waals surface area (Å²) in [6.07, 6.45) is 3.51. The predicted octanol–water partition coefficient (Wildman–Crippen LogP) is 3.63. The van der Waals surface area contributed by atoms with Gasteiger partial charge in [-0.25, -0.2) is 4.98 Å². The average Bonchev–Trinajstić information content (AvgIpc) is 2.73. The van der Waals surface area contributed by atoms with E-state index in [9.17, 15) is 0 Å². The first-order chi connectivity index (χ1) is 7.37. The maximum atomic E-state index is 6.62. The molecule has 1 aliphatic rings. The Morgan fingerprint density at radius 2 is 2.06 bits per heavy atom. The molecule has 1 unspecified atom stereocenters. The molecule has 3 heteroatoms. The van der Waals surface area contributed by atoms with Crippen LogP contribution in [0.15, 0.2) is 5.38 Å². The molecule has 1 fully saturated rings. The van der Waals surface area contributed by atoms with Gasteiger partial charge in [-0.2, -0.15) is 0 Å². The zero-order valence-electron chi connectivity index (χ0n) is 10.7. The lowest BCUT2D eigenvalue weighted by atomic mass is 9.76. The van der Waals surface area contributed by atoms with Gasteiger partial charge in [-0.3, -0.25) is 0 Å². The highest BCUT2D eigenvalue weighted by molar-refractivity contribution is 7.09. The molecular formula is C13H22N2S. The summed E-state index contributed by atoms with van der Waals surface area (Å²) in [5.74, 6) is 0.498. The van der Waals surface area contributed by atoms with E-state index >= 15 is 0 Å². The van der Waals surface area contributed by atoms with Crippen molar-refractivity contribution in [2.75, 3.05) is 0 Å². The fourth-order valence-corrected chi connectivity index (χ4v) is 3.83. The Balaban J connectivity index is 2.36. The van der Waals surface area contributed by atoms with Gasteiger partial charge in [0.25, 0.3) is 0 Å². The van der Waals surface area contributed by atoms with Gasteiger partial charge in [-0.05, 0) is 24.2 Å². The molecule has 1 saturated carbocycles. The van der Waals surface area contributed by atoms with E-state index in [2.05, 4.69) is 33.1 Å². The van der Waals surface area contributed by atoms with Crippen LogP contribution in [0.4, 0.5) is 0 Å². The average molecular weight is 238 g/mol. The van der Waals surface area contributed by atoms with Crippen LogP contribution in [-0.4, -0.2) is 4.98 Å². The highest BCUT2D eigenvalue weighted by atomic mass is 32.1. The third kappa shape index (κ3) is 1.70. The molecule has 1 atom stereocenters. The highest BCUT2D eigenvalue weighted by Crippen LogP contribution is 2.51. The molecule has 0 radical (unpaired) electrons. The topological polar surface area (TPSA) is 38.9 Å². The van der Waals surface area contributed by atoms with Gasteiger partial charge < -0.3 is 5.73 Å². The molecule has 90 valence electrons. The van der Waals surface area contributed by atoms with Crippen molar-refractivity contribution in [1.82, 2.24) is 4.98 Å². The summed E-state index contributed by atoms with van der Waals surface area (Å²) in [4.78, 5) is 4.75. The number of nitrogens with two attached hydrogens (primary N) is 1. The zero-order chi connectivity index (χ0) is 12.0. The second-order valence-electron chi connectivity index (χ2n) is 5.94. The van der Waals surface area contributed by atoms with Crippen LogP contribution in [0.2, 0.25) is 0 Å². The van der Waals surface area contributed by atoms with Crippen LogP contribution in [0.25, 0.3) is 0 Å². The second kappa shape index (κ2) is 3.81. The van der Waals surface area contributed by atoms with Crippen molar-refractivity contribution < 1.29 is 0 Å². The van der Waals surface area contributed by atoms with Gasteiger partial charge in [0.05, 0.1) is 11.2 Å². The molecule has 0 aliphatic heterocycles. The minimum absolute atomic E-state index is 0.180. The standard InChI is InChI=1S/C13H22N2S/c1-9(2)10-8-16-11(15-10)13(14)7-5-6-12(13,3)4/h8-9H,5-7,14H2,1-4H3. The summed E-state index contributed by atoms with van der Waals surface area (Å²) in [5, 5.41) is 3.31. The lowest BCUT2D eigenvalue weighted by Gasteiger charge is -2.36. The lowest BCUT2D eigenvalue weighted by Crippen LogP contribution is -2.45. The van der Waals surface area contributed by atoms with Crippen molar-refractivity contribution in [3.8, 4) is 0 Å². The Kier molecular flexibility index (Phi) is 2.87. The molecule has 1 aromatic rings. The normalized spacial score (nSPS) is 28.9. The van der Waals surface area contributed by atoms with Crippen molar-refractivity contribution >= 4 is 11.3 Å². The Hall–Kier alpha value is -0.410. The van der Waals surface area contributed by atoms with Crippen molar-refractivity contribution in [3.05, 3.63) is 16.1 Å². The summed E-state index contributed by atoms with van der Waals surface area (Å²) in [7, 11) is 0. The first-order valence-electron chi connectivity index (χ1n) is 6.11. The molecule has 16 heavy (non-hydrogen) atoms. The van der Waals surface area contributed by atoms with E-state index in [-0.39, 0.29) is 11.0 Å². The summed E-state index contributed by atoms with van der Waals surface area (Å²) >= 11 is 1.74. The Morgan fingerprint density at radius 3 is 2.50 bits per heavy atom. The fraction of sp³-hybridized carbons (Fsp3) is 0.769. The number of aromatic nitrogens is 1. The molecule has 1 aliphatic carbocycles. The molecule has 2 nitrogen and oxygen atoms in total. The maximum absolute atomic E-state index is 6.62. The minimum atomic E-state index is -0.204. The Morgan fingerprint density at radius 1 is 1.38 bits per heavy atom. The highest BCUT2D eigenvalue weighted by Gasteiger charge is 2.48. The van der Waals surface area contributed by atoms with Gasteiger partial charge in [-0.15, -0.1) is 11.3 Å². The van der Waals surface area contributed by atoms with Crippen LogP contribution in [-0.2, 0) is 5.54 Å². The summed E-state index contributed by atoms with van der Waals surface area (Å²) < 4.78 is 0. The van der Waals surface area contributed by atoms with Crippen LogP contribution < -0.4 is 5.73 Å². The monoisotopic (exact) mass is 238 g/mol. The largest absolute Gasteiger partial charge is 0.319 e. The number of hydrogen-bond donors (Lipinski definition) is 1. The van der Waals surface area contributed by atoms with Crippen LogP contribution in [0.5, 0.6) is 0 Å². The lowest BCUT2D eigenvalue weighted by molar-refractivity contribution is 0.209. The van der Waals surface area contributed by atoms with Crippen molar-refractivity contribution in [2.24, 2.45) is 11.1 Å². The van der Waals surface area contributed by atoms with E-state index in [1.165, 1.54) is 18.5 Å². The first kappa shape index (κ1) is 12.1. The maximum Gasteiger partial charge on any atom is 0.113 e. The molecule has 0 bridgehead atoms. The molecule has 0 amide bonds. The van der Waals surface area contributed by atoms with Gasteiger partial charge in [0, 0.05) is 5.38 Å². The smallest absolute Gasteiger partial charge is 0.113 e. The van der Waals surface area contributed by atoms with E-state index in [0.717, 1.165) is 11.4 Å². The number of nitrogens with zero attached hydrogens (tertiary/aromatic N) is 1. The predicted molar refractivity (Wildman–Crippen MR) is 69.7 cm³/mol. The van der Waals surface area contributed by atoms with E-state index in [4.69, 9.17) is 10.7 Å². The van der Waals surface area contributed by atoms with Crippen LogP contribution >= 0.6 is 11.3 Å².